The van der Waals surface area contributed by atoms with E-state index in [9.17, 15) is 27.5 Å². The first kappa shape index (κ1) is 26.9. The molecule has 38 heavy (non-hydrogen) atoms. The van der Waals surface area contributed by atoms with Crippen LogP contribution in [-0.4, -0.2) is 31.3 Å². The monoisotopic (exact) mass is 527 g/mol. The summed E-state index contributed by atoms with van der Waals surface area (Å²) in [5.74, 6) is -3.00. The minimum absolute atomic E-state index is 0.0164. The van der Waals surface area contributed by atoms with Gasteiger partial charge >= 0.3 is 12.1 Å². The summed E-state index contributed by atoms with van der Waals surface area (Å²) >= 11 is 0. The summed E-state index contributed by atoms with van der Waals surface area (Å²) in [6.45, 7) is 2.53. The number of carboxylic acid groups (broad SMARTS) is 1. The van der Waals surface area contributed by atoms with Crippen molar-refractivity contribution in [2.45, 2.75) is 19.1 Å². The zero-order valence-corrected chi connectivity index (χ0v) is 20.6. The van der Waals surface area contributed by atoms with Gasteiger partial charge in [-0.15, -0.1) is 0 Å². The normalized spacial score (nSPS) is 12.4. The summed E-state index contributed by atoms with van der Waals surface area (Å²) < 4.78 is 65.8. The van der Waals surface area contributed by atoms with E-state index < -0.39 is 29.1 Å². The number of hydrogen-bond donors (Lipinski definition) is 2. The highest BCUT2D eigenvalue weighted by Crippen LogP contribution is 2.39. The Kier molecular flexibility index (Phi) is 7.87. The highest BCUT2D eigenvalue weighted by Gasteiger charge is 2.36. The lowest BCUT2D eigenvalue weighted by Crippen LogP contribution is -2.24. The first-order valence-corrected chi connectivity index (χ1v) is 11.8. The number of hydrogen-bond acceptors (Lipinski definition) is 4. The lowest BCUT2D eigenvalue weighted by molar-refractivity contribution is -0.140. The number of rotatable bonds is 9. The van der Waals surface area contributed by atoms with Gasteiger partial charge in [-0.3, -0.25) is 0 Å². The summed E-state index contributed by atoms with van der Waals surface area (Å²) in [6.07, 6.45) is -4.97. The van der Waals surface area contributed by atoms with Gasteiger partial charge in [-0.1, -0.05) is 42.5 Å². The quantitative estimate of drug-likeness (QED) is 0.180. The van der Waals surface area contributed by atoms with Crippen molar-refractivity contribution in [2.24, 2.45) is 0 Å². The maximum Gasteiger partial charge on any atom is 0.419 e. The van der Waals surface area contributed by atoms with Crippen LogP contribution in [0.2, 0.25) is 0 Å². The first-order valence-electron chi connectivity index (χ1n) is 11.8. The van der Waals surface area contributed by atoms with Gasteiger partial charge in [0.25, 0.3) is 0 Å². The summed E-state index contributed by atoms with van der Waals surface area (Å²) in [6, 6.07) is 19.3. The molecule has 0 amide bonds. The van der Waals surface area contributed by atoms with Gasteiger partial charge < -0.3 is 19.9 Å². The van der Waals surface area contributed by atoms with Crippen LogP contribution in [0.4, 0.5) is 17.6 Å². The zero-order valence-electron chi connectivity index (χ0n) is 20.6. The predicted octanol–water partition coefficient (Wildman–Crippen LogP) is 7.10. The SMILES string of the molecule is COc1cc(-c2cc(OCCN[C@H](C)c3cccc4ccccc34)cc(C(=O)O)c2)c(F)c(C(F)(F)F)c1. The van der Waals surface area contributed by atoms with Crippen LogP contribution < -0.4 is 14.8 Å². The molecule has 0 fully saturated rings. The van der Waals surface area contributed by atoms with Crippen LogP contribution in [0.3, 0.4) is 0 Å². The molecule has 4 aromatic carbocycles. The van der Waals surface area contributed by atoms with E-state index in [4.69, 9.17) is 9.47 Å². The average molecular weight is 528 g/mol. The molecule has 0 unspecified atom stereocenters. The second kappa shape index (κ2) is 11.1. The maximum atomic E-state index is 14.9. The molecule has 1 atom stereocenters. The highest BCUT2D eigenvalue weighted by atomic mass is 19.4. The van der Waals surface area contributed by atoms with Crippen molar-refractivity contribution in [3.8, 4) is 22.6 Å². The Morgan fingerprint density at radius 2 is 1.74 bits per heavy atom. The van der Waals surface area contributed by atoms with E-state index in [1.807, 2.05) is 49.4 Å². The van der Waals surface area contributed by atoms with Gasteiger partial charge in [0.05, 0.1) is 18.2 Å². The molecule has 0 aromatic heterocycles. The minimum atomic E-state index is -4.97. The second-order valence-electron chi connectivity index (χ2n) is 8.68. The van der Waals surface area contributed by atoms with Crippen molar-refractivity contribution < 1.29 is 36.9 Å². The Morgan fingerprint density at radius 3 is 2.45 bits per heavy atom. The number of halogens is 4. The molecule has 0 spiro atoms. The zero-order chi connectivity index (χ0) is 27.4. The third-order valence-corrected chi connectivity index (χ3v) is 6.16. The molecule has 0 radical (unpaired) electrons. The van der Waals surface area contributed by atoms with Crippen molar-refractivity contribution in [1.29, 1.82) is 0 Å². The molecule has 0 saturated carbocycles. The fraction of sp³-hybridized carbons (Fsp3) is 0.207. The molecule has 9 heteroatoms. The van der Waals surface area contributed by atoms with Crippen LogP contribution in [0.25, 0.3) is 21.9 Å². The second-order valence-corrected chi connectivity index (χ2v) is 8.68. The van der Waals surface area contributed by atoms with Crippen molar-refractivity contribution in [3.63, 3.8) is 0 Å². The van der Waals surface area contributed by atoms with Gasteiger partial charge in [-0.25, -0.2) is 9.18 Å². The van der Waals surface area contributed by atoms with E-state index in [1.54, 1.807) is 0 Å². The summed E-state index contributed by atoms with van der Waals surface area (Å²) in [5.41, 5.74) is -1.20. The van der Waals surface area contributed by atoms with Crippen molar-refractivity contribution >= 4 is 16.7 Å². The Morgan fingerprint density at radius 1 is 1.00 bits per heavy atom. The van der Waals surface area contributed by atoms with E-state index in [2.05, 4.69) is 5.32 Å². The Bertz CT molecular complexity index is 1460. The van der Waals surface area contributed by atoms with Gasteiger partial charge in [0.15, 0.2) is 0 Å². The minimum Gasteiger partial charge on any atom is -0.497 e. The number of fused-ring (bicyclic) bond motifs is 1. The lowest BCUT2D eigenvalue weighted by atomic mass is 9.99. The van der Waals surface area contributed by atoms with Crippen molar-refractivity contribution in [1.82, 2.24) is 5.32 Å². The van der Waals surface area contributed by atoms with E-state index in [0.717, 1.165) is 35.6 Å². The number of ether oxygens (including phenoxy) is 2. The molecular formula is C29H25F4NO4. The van der Waals surface area contributed by atoms with Gasteiger partial charge in [0.2, 0.25) is 0 Å². The van der Waals surface area contributed by atoms with Crippen LogP contribution >= 0.6 is 0 Å². The van der Waals surface area contributed by atoms with E-state index in [-0.39, 0.29) is 35.3 Å². The molecule has 4 aromatic rings. The molecule has 0 bridgehead atoms. The molecule has 0 aliphatic heterocycles. The third kappa shape index (κ3) is 5.89. The number of aromatic carboxylic acids is 1. The Labute approximate surface area is 216 Å². The van der Waals surface area contributed by atoms with Crippen molar-refractivity contribution in [3.05, 3.63) is 95.3 Å². The largest absolute Gasteiger partial charge is 0.497 e. The molecule has 0 aliphatic rings. The van der Waals surface area contributed by atoms with Crippen LogP contribution in [0.5, 0.6) is 11.5 Å². The molecule has 2 N–H and O–H groups in total. The average Bonchev–Trinajstić information content (AvgIpc) is 2.90. The molecular weight excluding hydrogens is 502 g/mol. The molecule has 0 heterocycles. The number of carbonyl (C=O) groups is 1. The fourth-order valence-corrected chi connectivity index (χ4v) is 4.28. The first-order chi connectivity index (χ1) is 18.1. The smallest absolute Gasteiger partial charge is 0.419 e. The Balaban J connectivity index is 1.55. The molecule has 0 saturated heterocycles. The van der Waals surface area contributed by atoms with Crippen LogP contribution in [0, 0.1) is 5.82 Å². The van der Waals surface area contributed by atoms with Gasteiger partial charge in [0, 0.05) is 18.2 Å². The number of alkyl halides is 3. The standard InChI is InChI=1S/C29H25F4NO4/c1-17(23-9-5-7-18-6-3-4-8-24(18)23)34-10-11-38-22-13-19(12-20(14-22)28(35)36)25-15-21(37-2)16-26(27(25)30)29(31,32)33/h3-9,12-17,34H,10-11H2,1-2H3,(H,35,36)/t17-/m1/s1. The number of methoxy groups -OCH3 is 1. The number of carboxylic acids is 1. The summed E-state index contributed by atoms with van der Waals surface area (Å²) in [7, 11) is 1.16. The lowest BCUT2D eigenvalue weighted by Gasteiger charge is -2.17. The molecule has 4 rings (SSSR count). The van der Waals surface area contributed by atoms with Crippen LogP contribution in [0.1, 0.15) is 34.5 Å². The van der Waals surface area contributed by atoms with E-state index >= 15 is 0 Å². The topological polar surface area (TPSA) is 67.8 Å². The van der Waals surface area contributed by atoms with Gasteiger partial charge in [-0.05, 0) is 59.2 Å². The Hall–Kier alpha value is -4.11. The predicted molar refractivity (Wildman–Crippen MR) is 136 cm³/mol. The molecule has 0 aliphatic carbocycles. The number of nitrogens with one attached hydrogen (secondary N) is 1. The highest BCUT2D eigenvalue weighted by molar-refractivity contribution is 5.90. The van der Waals surface area contributed by atoms with Gasteiger partial charge in [0.1, 0.15) is 23.9 Å². The van der Waals surface area contributed by atoms with Crippen molar-refractivity contribution in [2.75, 3.05) is 20.3 Å². The third-order valence-electron chi connectivity index (χ3n) is 6.16. The summed E-state index contributed by atoms with van der Waals surface area (Å²) in [4.78, 5) is 11.7. The fourth-order valence-electron chi connectivity index (χ4n) is 4.28. The van der Waals surface area contributed by atoms with Gasteiger partial charge in [-0.2, -0.15) is 13.2 Å². The van der Waals surface area contributed by atoms with Crippen LogP contribution in [-0.2, 0) is 6.18 Å². The summed E-state index contributed by atoms with van der Waals surface area (Å²) in [5, 5.41) is 15.1. The maximum absolute atomic E-state index is 14.9. The van der Waals surface area contributed by atoms with Crippen LogP contribution in [0.15, 0.2) is 72.8 Å². The van der Waals surface area contributed by atoms with E-state index in [0.29, 0.717) is 12.6 Å². The van der Waals surface area contributed by atoms with E-state index in [1.165, 1.54) is 12.1 Å². The molecule has 198 valence electrons. The molecule has 5 nitrogen and oxygen atoms in total. The number of benzene rings is 4.